The number of methoxy groups -OCH3 is 2. The van der Waals surface area contributed by atoms with Gasteiger partial charge in [-0.15, -0.1) is 0 Å². The van der Waals surface area contributed by atoms with E-state index in [-0.39, 0.29) is 13.1 Å². The Kier molecular flexibility index (Phi) is 5.31. The highest BCUT2D eigenvalue weighted by Crippen LogP contribution is 2.32. The Hall–Kier alpha value is -4.27. The minimum absolute atomic E-state index is 0. The van der Waals surface area contributed by atoms with Crippen LogP contribution in [0.2, 0.25) is 0 Å². The highest BCUT2D eigenvalue weighted by atomic mass is 16.5. The van der Waals surface area contributed by atoms with Crippen molar-refractivity contribution in [3.63, 3.8) is 0 Å². The highest BCUT2D eigenvalue weighted by molar-refractivity contribution is 5.80. The summed E-state index contributed by atoms with van der Waals surface area (Å²) in [5.74, 6) is 1.87. The van der Waals surface area contributed by atoms with E-state index < -0.39 is 0 Å². The summed E-state index contributed by atoms with van der Waals surface area (Å²) >= 11 is 0. The second-order valence-electron chi connectivity index (χ2n) is 7.04. The van der Waals surface area contributed by atoms with E-state index in [4.69, 9.17) is 14.5 Å². The van der Waals surface area contributed by atoms with Crippen LogP contribution in [-0.4, -0.2) is 38.1 Å². The molecule has 5 rings (SSSR count). The molecule has 0 bridgehead atoms. The van der Waals surface area contributed by atoms with Crippen LogP contribution in [0, 0.1) is 0 Å². The molecule has 0 spiro atoms. The number of aromatic nitrogens is 5. The zero-order valence-electron chi connectivity index (χ0n) is 17.2. The maximum atomic E-state index is 11.9. The lowest BCUT2D eigenvalue weighted by molar-refractivity contribution is 0.355. The van der Waals surface area contributed by atoms with Gasteiger partial charge in [-0.3, -0.25) is 8.97 Å². The highest BCUT2D eigenvalue weighted by Gasteiger charge is 2.12. The number of anilines is 2. The molecular weight excluding hydrogens is 408 g/mol. The maximum Gasteiger partial charge on any atom is 0.326 e. The molecule has 0 aliphatic heterocycles. The minimum Gasteiger partial charge on any atom is -0.493 e. The lowest BCUT2D eigenvalue weighted by atomic mass is 10.1. The first kappa shape index (κ1) is 21.0. The summed E-state index contributed by atoms with van der Waals surface area (Å²) in [4.78, 5) is 24.0. The van der Waals surface area contributed by atoms with Crippen molar-refractivity contribution in [2.24, 2.45) is 7.05 Å². The number of imidazole rings is 2. The number of nitrogens with one attached hydrogen (secondary N) is 2. The zero-order valence-corrected chi connectivity index (χ0v) is 17.2. The summed E-state index contributed by atoms with van der Waals surface area (Å²) in [6.07, 6.45) is 3.56. The summed E-state index contributed by atoms with van der Waals surface area (Å²) in [7, 11) is 4.94. The van der Waals surface area contributed by atoms with Crippen molar-refractivity contribution < 1.29 is 9.47 Å². The van der Waals surface area contributed by atoms with Gasteiger partial charge in [0.2, 0.25) is 5.95 Å². The molecule has 0 unspecified atom stereocenters. The lowest BCUT2D eigenvalue weighted by Crippen LogP contribution is -2.11. The molecule has 3 heterocycles. The number of hydrogen-bond donors (Lipinski definition) is 2. The number of hydrogen-bond acceptors (Lipinski definition) is 6. The molecule has 164 valence electrons. The van der Waals surface area contributed by atoms with Crippen LogP contribution in [0.3, 0.4) is 0 Å². The lowest BCUT2D eigenvalue weighted by Gasteiger charge is -2.12. The summed E-state index contributed by atoms with van der Waals surface area (Å²) in [5, 5.41) is 3.34. The molecule has 0 aliphatic rings. The number of benzene rings is 2. The number of fused-ring (bicyclic) bond motifs is 2. The van der Waals surface area contributed by atoms with E-state index >= 15 is 0 Å². The minimum atomic E-state index is -0.155. The van der Waals surface area contributed by atoms with Crippen molar-refractivity contribution in [2.45, 2.75) is 7.43 Å². The van der Waals surface area contributed by atoms with Crippen LogP contribution in [0.5, 0.6) is 11.5 Å². The van der Waals surface area contributed by atoms with E-state index in [2.05, 4.69) is 15.3 Å². The second kappa shape index (κ2) is 8.10. The number of ether oxygens (including phenoxy) is 2. The van der Waals surface area contributed by atoms with Gasteiger partial charge in [0.15, 0.2) is 11.5 Å². The first-order chi connectivity index (χ1) is 15.1. The largest absolute Gasteiger partial charge is 0.493 e. The summed E-state index contributed by atoms with van der Waals surface area (Å²) < 4.78 is 14.2. The third-order valence-electron chi connectivity index (χ3n) is 5.23. The molecule has 9 nitrogen and oxygen atoms in total. The first-order valence-electron chi connectivity index (χ1n) is 9.59. The van der Waals surface area contributed by atoms with Crippen molar-refractivity contribution in [1.29, 1.82) is 0 Å². The Morgan fingerprint density at radius 2 is 1.84 bits per heavy atom. The first-order valence-corrected chi connectivity index (χ1v) is 9.59. The van der Waals surface area contributed by atoms with Crippen LogP contribution >= 0.6 is 0 Å². The van der Waals surface area contributed by atoms with E-state index in [0.717, 1.165) is 33.6 Å². The Morgan fingerprint density at radius 1 is 1.03 bits per heavy atom. The zero-order chi connectivity index (χ0) is 21.5. The third-order valence-corrected chi connectivity index (χ3v) is 5.23. The van der Waals surface area contributed by atoms with E-state index in [1.165, 1.54) is 0 Å². The number of aryl methyl sites for hydroxylation is 1. The normalized spacial score (nSPS) is 10.8. The standard InChI is InChI=1S/C22H20N6O3.CH4/c1-27-17-6-5-14(11-16(17)26-22(27)29)24-21-25-15(12-20-23-8-9-28(20)21)13-4-7-18(30-2)19(10-13)31-3;/h4-12H,1-3H3,(H,24,25)(H,26,29);1H4. The molecule has 2 aromatic carbocycles. The van der Waals surface area contributed by atoms with E-state index in [9.17, 15) is 4.79 Å². The molecule has 0 fully saturated rings. The van der Waals surface area contributed by atoms with E-state index in [1.807, 2.05) is 53.1 Å². The molecule has 32 heavy (non-hydrogen) atoms. The van der Waals surface area contributed by atoms with Gasteiger partial charge in [-0.2, -0.15) is 0 Å². The summed E-state index contributed by atoms with van der Waals surface area (Å²) in [6, 6.07) is 13.2. The second-order valence-corrected chi connectivity index (χ2v) is 7.04. The van der Waals surface area contributed by atoms with Gasteiger partial charge in [-0.05, 0) is 36.4 Å². The fourth-order valence-corrected chi connectivity index (χ4v) is 3.60. The van der Waals surface area contributed by atoms with Crippen LogP contribution in [-0.2, 0) is 7.05 Å². The van der Waals surface area contributed by atoms with Crippen molar-refractivity contribution in [1.82, 2.24) is 23.9 Å². The van der Waals surface area contributed by atoms with E-state index in [1.54, 1.807) is 32.0 Å². The molecule has 0 aliphatic carbocycles. The maximum absolute atomic E-state index is 11.9. The predicted octanol–water partition coefficient (Wildman–Crippen LogP) is 3.97. The monoisotopic (exact) mass is 432 g/mol. The van der Waals surface area contributed by atoms with Crippen LogP contribution < -0.4 is 20.5 Å². The van der Waals surface area contributed by atoms with Gasteiger partial charge in [-0.1, -0.05) is 7.43 Å². The molecule has 0 radical (unpaired) electrons. The van der Waals surface area contributed by atoms with Crippen molar-refractivity contribution in [2.75, 3.05) is 19.5 Å². The smallest absolute Gasteiger partial charge is 0.326 e. The third kappa shape index (κ3) is 3.43. The number of rotatable bonds is 5. The number of nitrogens with zero attached hydrogens (tertiary/aromatic N) is 4. The van der Waals surface area contributed by atoms with Crippen LogP contribution in [0.1, 0.15) is 7.43 Å². The van der Waals surface area contributed by atoms with Gasteiger partial charge >= 0.3 is 5.69 Å². The molecule has 2 N–H and O–H groups in total. The molecule has 3 aromatic heterocycles. The average molecular weight is 432 g/mol. The van der Waals surface area contributed by atoms with Gasteiger partial charge in [0, 0.05) is 36.8 Å². The average Bonchev–Trinajstić information content (AvgIpc) is 3.37. The quantitative estimate of drug-likeness (QED) is 0.436. The van der Waals surface area contributed by atoms with Crippen molar-refractivity contribution in [3.05, 3.63) is 65.3 Å². The van der Waals surface area contributed by atoms with Crippen LogP contribution in [0.4, 0.5) is 11.6 Å². The molecule has 0 saturated carbocycles. The molecular formula is C23H24N6O3. The van der Waals surface area contributed by atoms with Crippen LogP contribution in [0.25, 0.3) is 27.9 Å². The fourth-order valence-electron chi connectivity index (χ4n) is 3.60. The molecule has 9 heteroatoms. The Morgan fingerprint density at radius 3 is 2.62 bits per heavy atom. The Balaban J connectivity index is 0.00000245. The summed E-state index contributed by atoms with van der Waals surface area (Å²) in [6.45, 7) is 0. The molecule has 5 aromatic rings. The van der Waals surface area contributed by atoms with Gasteiger partial charge < -0.3 is 19.8 Å². The molecule has 0 amide bonds. The molecule has 0 atom stereocenters. The Bertz CT molecular complexity index is 1480. The number of aromatic amines is 1. The molecule has 0 saturated heterocycles. The van der Waals surface area contributed by atoms with Crippen molar-refractivity contribution in [3.8, 4) is 22.8 Å². The topological polar surface area (TPSA) is 98.5 Å². The van der Waals surface area contributed by atoms with Gasteiger partial charge in [0.25, 0.3) is 0 Å². The van der Waals surface area contributed by atoms with Gasteiger partial charge in [0.1, 0.15) is 5.65 Å². The SMILES string of the molecule is C.COc1ccc(-c2cc3nccn3c(Nc3ccc4c(c3)[nH]c(=O)n4C)n2)cc1OC. The van der Waals surface area contributed by atoms with Crippen molar-refractivity contribution >= 4 is 28.3 Å². The van der Waals surface area contributed by atoms with Gasteiger partial charge in [-0.25, -0.2) is 14.8 Å². The number of H-pyrrole nitrogens is 1. The van der Waals surface area contributed by atoms with Crippen LogP contribution in [0.15, 0.2) is 59.7 Å². The summed E-state index contributed by atoms with van der Waals surface area (Å²) in [5.41, 5.74) is 4.56. The fraction of sp³-hybridized carbons (Fsp3) is 0.174. The predicted molar refractivity (Wildman–Crippen MR) is 125 cm³/mol. The van der Waals surface area contributed by atoms with E-state index in [0.29, 0.717) is 17.4 Å². The van der Waals surface area contributed by atoms with Gasteiger partial charge in [0.05, 0.1) is 30.9 Å². The Labute approximate surface area is 184 Å².